The molecule has 0 aliphatic carbocycles. The Morgan fingerprint density at radius 2 is 0.929 bits per heavy atom. The maximum absolute atomic E-state index is 4.70. The van der Waals surface area contributed by atoms with Crippen molar-refractivity contribution in [1.82, 2.24) is 0 Å². The zero-order valence-electron chi connectivity index (χ0n) is 7.20. The van der Waals surface area contributed by atoms with E-state index in [0.717, 1.165) is 0 Å². The zero-order valence-corrected chi connectivity index (χ0v) is 10.8. The van der Waals surface area contributed by atoms with Gasteiger partial charge in [-0.15, -0.1) is 0 Å². The molecule has 0 amide bonds. The first-order chi connectivity index (χ1) is 6.41. The van der Waals surface area contributed by atoms with E-state index in [-0.39, 0.29) is 17.1 Å². The number of rotatable bonds is 0. The quantitative estimate of drug-likeness (QED) is 0.505. The van der Waals surface area contributed by atoms with Gasteiger partial charge in [0.05, 0.1) is 0 Å². The summed E-state index contributed by atoms with van der Waals surface area (Å²) in [5, 5.41) is 0. The smallest absolute Gasteiger partial charge is 0.214 e. The first-order valence-electron chi connectivity index (χ1n) is 3.57. The van der Waals surface area contributed by atoms with Crippen LogP contribution in [0.5, 0.6) is 0 Å². The van der Waals surface area contributed by atoms with Gasteiger partial charge < -0.3 is 0 Å². The Hall–Kier alpha value is 0.293. The van der Waals surface area contributed by atoms with E-state index < -0.39 is 0 Å². The zero-order chi connectivity index (χ0) is 9.78. The van der Waals surface area contributed by atoms with Gasteiger partial charge in [-0.25, -0.2) is 24.3 Å². The van der Waals surface area contributed by atoms with E-state index in [9.17, 15) is 0 Å². The van der Waals surface area contributed by atoms with Crippen molar-refractivity contribution in [2.24, 2.45) is 0 Å². The largest absolute Gasteiger partial charge is 2.00 e. The molecule has 0 aliphatic rings. The average molecular weight is 316 g/mol. The normalized spacial score (nSPS) is 7.29. The van der Waals surface area contributed by atoms with Gasteiger partial charge in [-0.05, 0) is 0 Å². The van der Waals surface area contributed by atoms with Crippen LogP contribution in [0.2, 0.25) is 0 Å². The fraction of sp³-hybridized carbons (Fsp3) is 0. The summed E-state index contributed by atoms with van der Waals surface area (Å²) in [6.07, 6.45) is 0. The Labute approximate surface area is 110 Å². The molecule has 14 heavy (non-hydrogen) atoms. The number of hydrogen-bond acceptors (Lipinski definition) is 0. The van der Waals surface area contributed by atoms with E-state index in [1.165, 1.54) is 0 Å². The van der Waals surface area contributed by atoms with Crippen LogP contribution in [0.4, 0.5) is 0 Å². The fourth-order valence-corrected chi connectivity index (χ4v) is 0.642. The SMILES string of the molecule is [Cl][Ni][Cl].[Fe+2].c1cc[cH-]c1.c1cc[cH-]c1. The van der Waals surface area contributed by atoms with Crippen LogP contribution in [-0.4, -0.2) is 0 Å². The van der Waals surface area contributed by atoms with Gasteiger partial charge in [0, 0.05) is 0 Å². The second-order valence-electron chi connectivity index (χ2n) is 1.97. The van der Waals surface area contributed by atoms with E-state index in [4.69, 9.17) is 20.4 Å². The molecule has 2 aromatic carbocycles. The van der Waals surface area contributed by atoms with Crippen molar-refractivity contribution in [3.63, 3.8) is 0 Å². The molecule has 0 atom stereocenters. The van der Waals surface area contributed by atoms with E-state index >= 15 is 0 Å². The Bertz CT molecular complexity index is 170. The van der Waals surface area contributed by atoms with Gasteiger partial charge in [-0.2, -0.15) is 36.4 Å². The van der Waals surface area contributed by atoms with Crippen molar-refractivity contribution >= 4 is 20.4 Å². The summed E-state index contributed by atoms with van der Waals surface area (Å²) >= 11 is 0.569. The minimum atomic E-state index is 0. The van der Waals surface area contributed by atoms with Crippen molar-refractivity contribution in [3.8, 4) is 0 Å². The first kappa shape index (κ1) is 16.7. The van der Waals surface area contributed by atoms with E-state index in [1.54, 1.807) is 0 Å². The number of halogens is 2. The summed E-state index contributed by atoms with van der Waals surface area (Å²) in [6.45, 7) is 0. The van der Waals surface area contributed by atoms with Gasteiger partial charge in [0.2, 0.25) is 0 Å². The Balaban J connectivity index is 0. The Morgan fingerprint density at radius 3 is 1.00 bits per heavy atom. The molecule has 0 radical (unpaired) electrons. The van der Waals surface area contributed by atoms with Gasteiger partial charge >= 0.3 is 50.1 Å². The van der Waals surface area contributed by atoms with E-state index in [1.807, 2.05) is 60.7 Å². The molecule has 4 heteroatoms. The predicted octanol–water partition coefficient (Wildman–Crippen LogP) is 4.19. The minimum absolute atomic E-state index is 0. The predicted molar refractivity (Wildman–Crippen MR) is 55.8 cm³/mol. The molecule has 0 fully saturated rings. The molecule has 0 unspecified atom stereocenters. The monoisotopic (exact) mass is 314 g/mol. The van der Waals surface area contributed by atoms with Crippen LogP contribution in [0, 0.1) is 0 Å². The molecule has 0 aliphatic heterocycles. The van der Waals surface area contributed by atoms with Crippen molar-refractivity contribution in [3.05, 3.63) is 60.7 Å². The Kier molecular flexibility index (Phi) is 18.8. The maximum atomic E-state index is 4.70. The second kappa shape index (κ2) is 15.8. The average Bonchev–Trinajstić information content (AvgIpc) is 2.85. The van der Waals surface area contributed by atoms with Crippen LogP contribution in [0.25, 0.3) is 0 Å². The van der Waals surface area contributed by atoms with Crippen LogP contribution in [0.1, 0.15) is 0 Å². The van der Waals surface area contributed by atoms with Crippen LogP contribution in [-0.2, 0) is 29.7 Å². The molecule has 0 spiro atoms. The summed E-state index contributed by atoms with van der Waals surface area (Å²) in [6, 6.07) is 20.0. The third-order valence-corrected chi connectivity index (χ3v) is 1.11. The molecular formula is C10H10Cl2FeNi. The van der Waals surface area contributed by atoms with E-state index in [2.05, 4.69) is 0 Å². The van der Waals surface area contributed by atoms with Gasteiger partial charge in [-0.1, -0.05) is 0 Å². The summed E-state index contributed by atoms with van der Waals surface area (Å²) in [5.74, 6) is 0. The standard InChI is InChI=1S/2C5H5.2ClH.Fe.Ni/c2*1-2-4-5-3-1;;;;/h2*1-5H;2*1H;;/q2*-1;;;2*+2/p-2. The van der Waals surface area contributed by atoms with Crippen LogP contribution in [0.15, 0.2) is 60.7 Å². The summed E-state index contributed by atoms with van der Waals surface area (Å²) in [5.41, 5.74) is 0. The molecule has 0 aromatic heterocycles. The maximum Gasteiger partial charge on any atom is 2.00 e. The molecule has 0 saturated carbocycles. The Morgan fingerprint density at radius 1 is 0.714 bits per heavy atom. The third kappa shape index (κ3) is 14.8. The molecule has 0 N–H and O–H groups in total. The molecular weight excluding hydrogens is 306 g/mol. The molecule has 82 valence electrons. The molecule has 0 heterocycles. The van der Waals surface area contributed by atoms with Crippen LogP contribution in [0.3, 0.4) is 0 Å². The van der Waals surface area contributed by atoms with Gasteiger partial charge in [0.15, 0.2) is 0 Å². The molecule has 0 bridgehead atoms. The van der Waals surface area contributed by atoms with Gasteiger partial charge in [0.25, 0.3) is 0 Å². The van der Waals surface area contributed by atoms with Gasteiger partial charge in [0.1, 0.15) is 0 Å². The first-order valence-corrected chi connectivity index (χ1v) is 6.29. The van der Waals surface area contributed by atoms with Crippen molar-refractivity contribution < 1.29 is 29.7 Å². The molecule has 2 aromatic rings. The van der Waals surface area contributed by atoms with Crippen LogP contribution < -0.4 is 0 Å². The molecule has 0 nitrogen and oxygen atoms in total. The molecule has 2 rings (SSSR count). The van der Waals surface area contributed by atoms with Crippen molar-refractivity contribution in [1.29, 1.82) is 0 Å². The van der Waals surface area contributed by atoms with Gasteiger partial charge in [-0.3, -0.25) is 0 Å². The van der Waals surface area contributed by atoms with Crippen molar-refractivity contribution in [2.75, 3.05) is 0 Å². The number of hydrogen-bond donors (Lipinski definition) is 0. The minimum Gasteiger partial charge on any atom is -0.214 e. The van der Waals surface area contributed by atoms with Crippen LogP contribution >= 0.6 is 20.4 Å². The third-order valence-electron chi connectivity index (χ3n) is 1.11. The summed E-state index contributed by atoms with van der Waals surface area (Å²) in [7, 11) is 9.40. The van der Waals surface area contributed by atoms with Crippen molar-refractivity contribution in [2.45, 2.75) is 0 Å². The summed E-state index contributed by atoms with van der Waals surface area (Å²) in [4.78, 5) is 0. The summed E-state index contributed by atoms with van der Waals surface area (Å²) < 4.78 is 0. The molecule has 0 saturated heterocycles. The second-order valence-corrected chi connectivity index (χ2v) is 3.60. The van der Waals surface area contributed by atoms with E-state index in [0.29, 0.717) is 12.7 Å². The fourth-order valence-electron chi connectivity index (χ4n) is 0.642. The topological polar surface area (TPSA) is 0 Å².